The number of nitrogens with zero attached hydrogens (tertiary/aromatic N) is 2. The standard InChI is InChI=1S/C30H36N2O7/c1-3-7-27-25(5-1)29(9-11-31-27)38-23-21-36-19-17-34-15-13-33-14-16-35-18-20-37-22-24-39-30-10-12-32-28-8-4-2-6-26(28)30/h1-12H,13-24H2. The van der Waals surface area contributed by atoms with Crippen LogP contribution >= 0.6 is 0 Å². The molecule has 2 aromatic carbocycles. The van der Waals surface area contributed by atoms with Crippen LogP contribution < -0.4 is 9.47 Å². The second-order valence-corrected chi connectivity index (χ2v) is 8.41. The van der Waals surface area contributed by atoms with Crippen LogP contribution in [0.1, 0.15) is 0 Å². The number of benzene rings is 2. The molecule has 4 rings (SSSR count). The maximum absolute atomic E-state index is 5.82. The second-order valence-electron chi connectivity index (χ2n) is 8.41. The van der Waals surface area contributed by atoms with Gasteiger partial charge in [0.15, 0.2) is 0 Å². The molecule has 0 aliphatic rings. The van der Waals surface area contributed by atoms with E-state index in [2.05, 4.69) is 9.97 Å². The van der Waals surface area contributed by atoms with Gasteiger partial charge in [0.05, 0.1) is 77.1 Å². The summed E-state index contributed by atoms with van der Waals surface area (Å²) in [5.74, 6) is 1.63. The third kappa shape index (κ3) is 10.0. The normalized spacial score (nSPS) is 11.3. The number of fused-ring (bicyclic) bond motifs is 2. The zero-order valence-electron chi connectivity index (χ0n) is 22.2. The molecule has 0 amide bonds. The SMILES string of the molecule is c1ccc2c(OCCOCCOCCOCCOCCOCCOc3ccnc4ccccc34)ccnc2c1. The minimum Gasteiger partial charge on any atom is -0.490 e. The minimum atomic E-state index is 0.471. The van der Waals surface area contributed by atoms with Gasteiger partial charge < -0.3 is 33.2 Å². The fourth-order valence-electron chi connectivity index (χ4n) is 3.79. The Balaban J connectivity index is 0.886. The van der Waals surface area contributed by atoms with Crippen LogP contribution in [0.3, 0.4) is 0 Å². The maximum Gasteiger partial charge on any atom is 0.130 e. The van der Waals surface area contributed by atoms with Crippen LogP contribution in [0.4, 0.5) is 0 Å². The molecule has 208 valence electrons. The lowest BCUT2D eigenvalue weighted by Crippen LogP contribution is -2.15. The molecule has 39 heavy (non-hydrogen) atoms. The Bertz CT molecular complexity index is 1130. The molecule has 0 saturated heterocycles. The summed E-state index contributed by atoms with van der Waals surface area (Å²) < 4.78 is 39.3. The highest BCUT2D eigenvalue weighted by Gasteiger charge is 2.03. The van der Waals surface area contributed by atoms with Crippen molar-refractivity contribution >= 4 is 21.8 Å². The molecule has 0 atom stereocenters. The second kappa shape index (κ2) is 17.3. The monoisotopic (exact) mass is 536 g/mol. The topological polar surface area (TPSA) is 90.4 Å². The number of para-hydroxylation sites is 2. The highest BCUT2D eigenvalue weighted by atomic mass is 16.6. The van der Waals surface area contributed by atoms with Crippen molar-refractivity contribution in [2.75, 3.05) is 79.3 Å². The molecule has 4 aromatic rings. The largest absolute Gasteiger partial charge is 0.490 e. The van der Waals surface area contributed by atoms with Gasteiger partial charge in [-0.25, -0.2) is 0 Å². The summed E-state index contributed by atoms with van der Waals surface area (Å²) in [7, 11) is 0. The van der Waals surface area contributed by atoms with Gasteiger partial charge in [0.2, 0.25) is 0 Å². The Morgan fingerprint density at radius 1 is 0.385 bits per heavy atom. The van der Waals surface area contributed by atoms with Gasteiger partial charge in [0.25, 0.3) is 0 Å². The molecule has 2 heterocycles. The van der Waals surface area contributed by atoms with Gasteiger partial charge in [0, 0.05) is 23.2 Å². The van der Waals surface area contributed by atoms with E-state index in [1.165, 1.54) is 0 Å². The predicted molar refractivity (Wildman–Crippen MR) is 149 cm³/mol. The van der Waals surface area contributed by atoms with E-state index in [1.807, 2.05) is 60.7 Å². The molecular weight excluding hydrogens is 500 g/mol. The van der Waals surface area contributed by atoms with E-state index < -0.39 is 0 Å². The van der Waals surface area contributed by atoms with E-state index in [-0.39, 0.29) is 0 Å². The summed E-state index contributed by atoms with van der Waals surface area (Å²) >= 11 is 0. The Morgan fingerprint density at radius 3 is 1.10 bits per heavy atom. The van der Waals surface area contributed by atoms with Crippen LogP contribution in [0.25, 0.3) is 21.8 Å². The van der Waals surface area contributed by atoms with Gasteiger partial charge in [-0.05, 0) is 36.4 Å². The van der Waals surface area contributed by atoms with Gasteiger partial charge in [-0.2, -0.15) is 0 Å². The molecule has 0 fully saturated rings. The zero-order valence-corrected chi connectivity index (χ0v) is 22.2. The Kier molecular flexibility index (Phi) is 12.7. The Labute approximate surface area is 228 Å². The number of aromatic nitrogens is 2. The number of rotatable bonds is 20. The predicted octanol–water partition coefficient (Wildman–Crippen LogP) is 4.32. The molecule has 0 aliphatic heterocycles. The highest BCUT2D eigenvalue weighted by Crippen LogP contribution is 2.24. The molecule has 9 heteroatoms. The lowest BCUT2D eigenvalue weighted by atomic mass is 10.2. The third-order valence-corrected chi connectivity index (χ3v) is 5.68. The van der Waals surface area contributed by atoms with E-state index in [1.54, 1.807) is 12.4 Å². The first-order valence-electron chi connectivity index (χ1n) is 13.2. The van der Waals surface area contributed by atoms with Gasteiger partial charge in [-0.15, -0.1) is 0 Å². The molecule has 9 nitrogen and oxygen atoms in total. The van der Waals surface area contributed by atoms with E-state index >= 15 is 0 Å². The first kappa shape index (κ1) is 28.7. The van der Waals surface area contributed by atoms with Gasteiger partial charge >= 0.3 is 0 Å². The molecule has 0 saturated carbocycles. The smallest absolute Gasteiger partial charge is 0.130 e. The summed E-state index contributed by atoms with van der Waals surface area (Å²) in [5, 5.41) is 2.00. The summed E-state index contributed by atoms with van der Waals surface area (Å²) in [6.45, 7) is 6.02. The number of hydrogen-bond donors (Lipinski definition) is 0. The van der Waals surface area contributed by atoms with Crippen LogP contribution in [0.2, 0.25) is 0 Å². The summed E-state index contributed by atoms with van der Waals surface area (Å²) in [6.07, 6.45) is 3.50. The van der Waals surface area contributed by atoms with E-state index in [4.69, 9.17) is 33.2 Å². The maximum atomic E-state index is 5.82. The fourth-order valence-corrected chi connectivity index (χ4v) is 3.79. The summed E-state index contributed by atoms with van der Waals surface area (Å²) in [6, 6.07) is 19.5. The van der Waals surface area contributed by atoms with Crippen molar-refractivity contribution in [2.45, 2.75) is 0 Å². The molecule has 0 radical (unpaired) electrons. The molecule has 0 aliphatic carbocycles. The van der Waals surface area contributed by atoms with Crippen LogP contribution in [0.15, 0.2) is 73.1 Å². The van der Waals surface area contributed by atoms with Crippen molar-refractivity contribution in [3.05, 3.63) is 73.1 Å². The fraction of sp³-hybridized carbons (Fsp3) is 0.400. The summed E-state index contributed by atoms with van der Waals surface area (Å²) in [4.78, 5) is 8.66. The van der Waals surface area contributed by atoms with Gasteiger partial charge in [-0.1, -0.05) is 24.3 Å². The van der Waals surface area contributed by atoms with Crippen LogP contribution in [0, 0.1) is 0 Å². The first-order valence-corrected chi connectivity index (χ1v) is 13.2. The van der Waals surface area contributed by atoms with E-state index in [0.717, 1.165) is 33.3 Å². The molecule has 0 N–H and O–H groups in total. The Morgan fingerprint density at radius 2 is 0.718 bits per heavy atom. The molecular formula is C30H36N2O7. The minimum absolute atomic E-state index is 0.471. The van der Waals surface area contributed by atoms with Gasteiger partial charge in [0.1, 0.15) is 24.7 Å². The average Bonchev–Trinajstić information content (AvgIpc) is 2.98. The van der Waals surface area contributed by atoms with Crippen LogP contribution in [0.5, 0.6) is 11.5 Å². The average molecular weight is 537 g/mol. The summed E-state index contributed by atoms with van der Waals surface area (Å²) in [5.41, 5.74) is 1.83. The van der Waals surface area contributed by atoms with Crippen molar-refractivity contribution in [1.82, 2.24) is 9.97 Å². The van der Waals surface area contributed by atoms with E-state index in [9.17, 15) is 0 Å². The quantitative estimate of drug-likeness (QED) is 0.153. The van der Waals surface area contributed by atoms with E-state index in [0.29, 0.717) is 79.3 Å². The molecule has 0 bridgehead atoms. The van der Waals surface area contributed by atoms with Crippen molar-refractivity contribution in [3.63, 3.8) is 0 Å². The molecule has 0 unspecified atom stereocenters. The zero-order chi connectivity index (χ0) is 26.8. The van der Waals surface area contributed by atoms with Crippen LogP contribution in [-0.2, 0) is 23.7 Å². The molecule has 2 aromatic heterocycles. The first-order chi connectivity index (χ1) is 19.4. The third-order valence-electron chi connectivity index (χ3n) is 5.68. The highest BCUT2D eigenvalue weighted by molar-refractivity contribution is 5.85. The van der Waals surface area contributed by atoms with Crippen molar-refractivity contribution < 1.29 is 33.2 Å². The van der Waals surface area contributed by atoms with Crippen LogP contribution in [-0.4, -0.2) is 89.3 Å². The number of ether oxygens (including phenoxy) is 7. The lowest BCUT2D eigenvalue weighted by molar-refractivity contribution is -0.0141. The number of hydrogen-bond acceptors (Lipinski definition) is 9. The van der Waals surface area contributed by atoms with Crippen molar-refractivity contribution in [2.24, 2.45) is 0 Å². The van der Waals surface area contributed by atoms with Crippen molar-refractivity contribution in [1.29, 1.82) is 0 Å². The molecule has 0 spiro atoms. The van der Waals surface area contributed by atoms with Crippen molar-refractivity contribution in [3.8, 4) is 11.5 Å². The van der Waals surface area contributed by atoms with Gasteiger partial charge in [-0.3, -0.25) is 9.97 Å². The number of pyridine rings is 2. The Hall–Kier alpha value is -3.34. The lowest BCUT2D eigenvalue weighted by Gasteiger charge is -2.10.